The SMILES string of the molecule is COCc1c(N)ccc(-c2ccccc2)c1-c1nnn[nH]1. The Balaban J connectivity index is 2.27. The molecule has 21 heavy (non-hydrogen) atoms. The summed E-state index contributed by atoms with van der Waals surface area (Å²) in [6, 6.07) is 13.9. The summed E-state index contributed by atoms with van der Waals surface area (Å²) in [6.07, 6.45) is 0. The minimum atomic E-state index is 0.391. The van der Waals surface area contributed by atoms with Crippen molar-refractivity contribution in [3.05, 3.63) is 48.0 Å². The third-order valence-electron chi connectivity index (χ3n) is 3.30. The van der Waals surface area contributed by atoms with Crippen molar-refractivity contribution in [2.24, 2.45) is 0 Å². The highest BCUT2D eigenvalue weighted by Gasteiger charge is 2.17. The molecule has 0 aliphatic rings. The Bertz CT molecular complexity index is 725. The number of H-pyrrole nitrogens is 1. The lowest BCUT2D eigenvalue weighted by Crippen LogP contribution is -2.02. The monoisotopic (exact) mass is 281 g/mol. The van der Waals surface area contributed by atoms with Crippen LogP contribution in [0.3, 0.4) is 0 Å². The molecule has 0 spiro atoms. The molecule has 6 heteroatoms. The summed E-state index contributed by atoms with van der Waals surface area (Å²) in [5.41, 5.74) is 10.6. The zero-order valence-corrected chi connectivity index (χ0v) is 11.6. The normalized spacial score (nSPS) is 10.7. The highest BCUT2D eigenvalue weighted by Crippen LogP contribution is 2.36. The van der Waals surface area contributed by atoms with Gasteiger partial charge in [-0.1, -0.05) is 36.4 Å². The van der Waals surface area contributed by atoms with Gasteiger partial charge in [0, 0.05) is 23.9 Å². The largest absolute Gasteiger partial charge is 0.398 e. The van der Waals surface area contributed by atoms with Gasteiger partial charge in [-0.05, 0) is 27.6 Å². The molecule has 106 valence electrons. The van der Waals surface area contributed by atoms with Crippen LogP contribution in [0.2, 0.25) is 0 Å². The predicted molar refractivity (Wildman–Crippen MR) is 80.2 cm³/mol. The Morgan fingerprint density at radius 1 is 1.14 bits per heavy atom. The zero-order chi connectivity index (χ0) is 14.7. The van der Waals surface area contributed by atoms with Crippen LogP contribution in [0.15, 0.2) is 42.5 Å². The van der Waals surface area contributed by atoms with E-state index in [2.05, 4.69) is 20.6 Å². The fourth-order valence-corrected chi connectivity index (χ4v) is 2.36. The van der Waals surface area contributed by atoms with E-state index in [9.17, 15) is 0 Å². The average molecular weight is 281 g/mol. The van der Waals surface area contributed by atoms with Gasteiger partial charge in [0.25, 0.3) is 0 Å². The van der Waals surface area contributed by atoms with E-state index < -0.39 is 0 Å². The Hall–Kier alpha value is -2.73. The van der Waals surface area contributed by atoms with Gasteiger partial charge < -0.3 is 10.5 Å². The van der Waals surface area contributed by atoms with Gasteiger partial charge in [0.2, 0.25) is 0 Å². The number of rotatable bonds is 4. The number of ether oxygens (including phenoxy) is 1. The van der Waals surface area contributed by atoms with Gasteiger partial charge in [-0.15, -0.1) is 5.10 Å². The van der Waals surface area contributed by atoms with Crippen LogP contribution in [0.25, 0.3) is 22.5 Å². The minimum Gasteiger partial charge on any atom is -0.398 e. The maximum Gasteiger partial charge on any atom is 0.180 e. The highest BCUT2D eigenvalue weighted by atomic mass is 16.5. The summed E-state index contributed by atoms with van der Waals surface area (Å²) in [4.78, 5) is 0. The number of anilines is 1. The first-order valence-corrected chi connectivity index (χ1v) is 6.51. The molecule has 1 aromatic heterocycles. The number of hydrogen-bond acceptors (Lipinski definition) is 5. The number of benzene rings is 2. The summed E-state index contributed by atoms with van der Waals surface area (Å²) in [5, 5.41) is 14.2. The number of hydrogen-bond donors (Lipinski definition) is 2. The topological polar surface area (TPSA) is 89.7 Å². The molecule has 0 aliphatic carbocycles. The average Bonchev–Trinajstić information content (AvgIpc) is 3.04. The van der Waals surface area contributed by atoms with E-state index >= 15 is 0 Å². The third kappa shape index (κ3) is 2.48. The molecule has 0 radical (unpaired) electrons. The predicted octanol–water partition coefficient (Wildman–Crippen LogP) is 2.26. The lowest BCUT2D eigenvalue weighted by atomic mass is 9.94. The number of nitrogens with zero attached hydrogens (tertiary/aromatic N) is 3. The Labute approximate surface area is 122 Å². The third-order valence-corrected chi connectivity index (χ3v) is 3.30. The lowest BCUT2D eigenvalue weighted by Gasteiger charge is -2.15. The molecule has 3 aromatic rings. The van der Waals surface area contributed by atoms with Crippen LogP contribution in [-0.4, -0.2) is 27.7 Å². The number of nitrogens with one attached hydrogen (secondary N) is 1. The smallest absolute Gasteiger partial charge is 0.180 e. The van der Waals surface area contributed by atoms with Crippen LogP contribution in [0.5, 0.6) is 0 Å². The van der Waals surface area contributed by atoms with Gasteiger partial charge in [-0.3, -0.25) is 0 Å². The van der Waals surface area contributed by atoms with Gasteiger partial charge in [0.05, 0.1) is 6.61 Å². The van der Waals surface area contributed by atoms with Crippen molar-refractivity contribution in [2.45, 2.75) is 6.61 Å². The molecule has 3 N–H and O–H groups in total. The molecular formula is C15H15N5O. The first-order valence-electron chi connectivity index (χ1n) is 6.51. The van der Waals surface area contributed by atoms with Gasteiger partial charge in [-0.25, -0.2) is 5.10 Å². The summed E-state index contributed by atoms with van der Waals surface area (Å²) in [6.45, 7) is 0.391. The molecule has 0 unspecified atom stereocenters. The van der Waals surface area contributed by atoms with Crippen molar-refractivity contribution >= 4 is 5.69 Å². The summed E-state index contributed by atoms with van der Waals surface area (Å²) < 4.78 is 5.28. The van der Waals surface area contributed by atoms with E-state index in [0.29, 0.717) is 18.1 Å². The molecule has 0 saturated carbocycles. The summed E-state index contributed by atoms with van der Waals surface area (Å²) in [7, 11) is 1.64. The highest BCUT2D eigenvalue weighted by molar-refractivity contribution is 5.86. The van der Waals surface area contributed by atoms with Crippen molar-refractivity contribution in [2.75, 3.05) is 12.8 Å². The lowest BCUT2D eigenvalue weighted by molar-refractivity contribution is 0.186. The molecule has 0 fully saturated rings. The van der Waals surface area contributed by atoms with Gasteiger partial charge in [0.15, 0.2) is 5.82 Å². The quantitative estimate of drug-likeness (QED) is 0.716. The second kappa shape index (κ2) is 5.72. The number of tetrazole rings is 1. The second-order valence-electron chi connectivity index (χ2n) is 4.60. The number of nitrogens with two attached hydrogens (primary N) is 1. The maximum absolute atomic E-state index is 6.10. The number of aromatic nitrogens is 4. The Morgan fingerprint density at radius 2 is 1.95 bits per heavy atom. The molecule has 3 rings (SSSR count). The van der Waals surface area contributed by atoms with Crippen LogP contribution >= 0.6 is 0 Å². The van der Waals surface area contributed by atoms with Crippen LogP contribution in [-0.2, 0) is 11.3 Å². The Morgan fingerprint density at radius 3 is 2.62 bits per heavy atom. The zero-order valence-electron chi connectivity index (χ0n) is 11.6. The number of methoxy groups -OCH3 is 1. The molecule has 0 amide bonds. The molecule has 6 nitrogen and oxygen atoms in total. The van der Waals surface area contributed by atoms with E-state index in [1.165, 1.54) is 0 Å². The van der Waals surface area contributed by atoms with Gasteiger partial charge >= 0.3 is 0 Å². The van der Waals surface area contributed by atoms with Crippen LogP contribution in [0.4, 0.5) is 5.69 Å². The van der Waals surface area contributed by atoms with E-state index in [-0.39, 0.29) is 0 Å². The van der Waals surface area contributed by atoms with Crippen molar-refractivity contribution in [3.63, 3.8) is 0 Å². The molecular weight excluding hydrogens is 266 g/mol. The molecule has 0 saturated heterocycles. The summed E-state index contributed by atoms with van der Waals surface area (Å²) >= 11 is 0. The van der Waals surface area contributed by atoms with E-state index in [1.807, 2.05) is 42.5 Å². The molecule has 0 atom stereocenters. The fourth-order valence-electron chi connectivity index (χ4n) is 2.36. The second-order valence-corrected chi connectivity index (χ2v) is 4.60. The first-order chi connectivity index (χ1) is 10.3. The standard InChI is InChI=1S/C15H15N5O/c1-21-9-12-13(16)8-7-11(10-5-3-2-4-6-10)14(12)15-17-19-20-18-15/h2-8H,9,16H2,1H3,(H,17,18,19,20). The molecule has 0 aliphatic heterocycles. The van der Waals surface area contributed by atoms with Crippen molar-refractivity contribution in [1.82, 2.24) is 20.6 Å². The van der Waals surface area contributed by atoms with Crippen LogP contribution < -0.4 is 5.73 Å². The Kier molecular flexibility index (Phi) is 3.61. The van der Waals surface area contributed by atoms with Crippen LogP contribution in [0, 0.1) is 0 Å². The first kappa shape index (κ1) is 13.3. The van der Waals surface area contributed by atoms with Crippen molar-refractivity contribution < 1.29 is 4.74 Å². The minimum absolute atomic E-state index is 0.391. The number of aromatic amines is 1. The molecule has 2 aromatic carbocycles. The van der Waals surface area contributed by atoms with Crippen molar-refractivity contribution in [3.8, 4) is 22.5 Å². The summed E-state index contributed by atoms with van der Waals surface area (Å²) in [5.74, 6) is 0.577. The van der Waals surface area contributed by atoms with Crippen LogP contribution in [0.1, 0.15) is 5.56 Å². The fraction of sp³-hybridized carbons (Fsp3) is 0.133. The number of nitrogen functional groups attached to an aromatic ring is 1. The van der Waals surface area contributed by atoms with E-state index in [0.717, 1.165) is 22.3 Å². The molecule has 1 heterocycles. The van der Waals surface area contributed by atoms with Crippen molar-refractivity contribution in [1.29, 1.82) is 0 Å². The molecule has 0 bridgehead atoms. The van der Waals surface area contributed by atoms with E-state index in [1.54, 1.807) is 7.11 Å². The van der Waals surface area contributed by atoms with E-state index in [4.69, 9.17) is 10.5 Å². The van der Waals surface area contributed by atoms with Gasteiger partial charge in [0.1, 0.15) is 0 Å². The van der Waals surface area contributed by atoms with Gasteiger partial charge in [-0.2, -0.15) is 0 Å². The maximum atomic E-state index is 6.10.